The fourth-order valence-corrected chi connectivity index (χ4v) is 2.33. The van der Waals surface area contributed by atoms with Crippen LogP contribution in [0, 0.1) is 0 Å². The average Bonchev–Trinajstić information content (AvgIpc) is 2.68. The number of aliphatic carboxylic acids is 1. The number of carbonyl (C=O) groups is 2. The molecule has 8 heteroatoms. The molecule has 0 bridgehead atoms. The summed E-state index contributed by atoms with van der Waals surface area (Å²) in [7, 11) is 1.52. The highest BCUT2D eigenvalue weighted by Crippen LogP contribution is 2.07. The Balaban J connectivity index is 2.58. The fourth-order valence-electron chi connectivity index (χ4n) is 2.33. The Morgan fingerprint density at radius 2 is 2.00 bits per heavy atom. The Morgan fingerprint density at radius 1 is 1.24 bits per heavy atom. The molecule has 8 nitrogen and oxygen atoms in total. The molecule has 0 spiro atoms. The number of carbonyl (C=O) groups excluding carboxylic acids is 1. The third kappa shape index (κ3) is 6.28. The van der Waals surface area contributed by atoms with Gasteiger partial charge in [0.2, 0.25) is 0 Å². The van der Waals surface area contributed by atoms with Crippen molar-refractivity contribution in [2.75, 3.05) is 66.1 Å². The molecular weight excluding hydrogens is 278 g/mol. The first-order valence-electron chi connectivity index (χ1n) is 7.16. The lowest BCUT2D eigenvalue weighted by Gasteiger charge is -2.28. The molecule has 2 N–H and O–H groups in total. The topological polar surface area (TPSA) is 93.5 Å². The zero-order valence-electron chi connectivity index (χ0n) is 12.5. The molecule has 21 heavy (non-hydrogen) atoms. The molecule has 122 valence electrons. The van der Waals surface area contributed by atoms with Crippen molar-refractivity contribution in [3.05, 3.63) is 0 Å². The van der Waals surface area contributed by atoms with E-state index >= 15 is 0 Å². The SMILES string of the molecule is COCCN(CC(=O)O)C(=O)N1CCCN(CCO)CC1. The van der Waals surface area contributed by atoms with Crippen LogP contribution in [0.1, 0.15) is 6.42 Å². The van der Waals surface area contributed by atoms with Gasteiger partial charge in [-0.05, 0) is 13.0 Å². The van der Waals surface area contributed by atoms with E-state index in [4.69, 9.17) is 14.9 Å². The molecule has 1 saturated heterocycles. The minimum atomic E-state index is -1.03. The number of nitrogens with zero attached hydrogens (tertiary/aromatic N) is 3. The standard InChI is InChI=1S/C13H25N3O5/c1-21-10-8-16(11-12(18)19)13(20)15-4-2-3-14(5-6-15)7-9-17/h17H,2-11H2,1H3,(H,18,19). The van der Waals surface area contributed by atoms with Crippen LogP contribution >= 0.6 is 0 Å². The highest BCUT2D eigenvalue weighted by Gasteiger charge is 2.24. The van der Waals surface area contributed by atoms with Gasteiger partial charge < -0.3 is 24.7 Å². The van der Waals surface area contributed by atoms with Gasteiger partial charge in [0.15, 0.2) is 0 Å². The molecule has 0 aromatic heterocycles. The maximum atomic E-state index is 12.4. The number of ether oxygens (including phenoxy) is 1. The average molecular weight is 303 g/mol. The smallest absolute Gasteiger partial charge is 0.323 e. The lowest BCUT2D eigenvalue weighted by Crippen LogP contribution is -2.47. The highest BCUT2D eigenvalue weighted by molar-refractivity contribution is 5.80. The van der Waals surface area contributed by atoms with Crippen LogP contribution < -0.4 is 0 Å². The number of carboxylic acid groups (broad SMARTS) is 1. The normalized spacial score (nSPS) is 16.6. The first-order chi connectivity index (χ1) is 10.1. The van der Waals surface area contributed by atoms with Gasteiger partial charge in [0.1, 0.15) is 6.54 Å². The predicted molar refractivity (Wildman–Crippen MR) is 76.2 cm³/mol. The molecular formula is C13H25N3O5. The third-order valence-corrected chi connectivity index (χ3v) is 3.44. The number of aliphatic hydroxyl groups excluding tert-OH is 1. The van der Waals surface area contributed by atoms with E-state index in [-0.39, 0.29) is 25.7 Å². The van der Waals surface area contributed by atoms with Gasteiger partial charge >= 0.3 is 12.0 Å². The second kappa shape index (κ2) is 9.54. The number of carboxylic acids is 1. The molecule has 1 heterocycles. The lowest BCUT2D eigenvalue weighted by atomic mass is 10.4. The van der Waals surface area contributed by atoms with E-state index in [1.54, 1.807) is 4.90 Å². The number of urea groups is 1. The second-order valence-corrected chi connectivity index (χ2v) is 5.00. The highest BCUT2D eigenvalue weighted by atomic mass is 16.5. The van der Waals surface area contributed by atoms with Gasteiger partial charge in [0.25, 0.3) is 0 Å². The Bertz CT molecular complexity index is 340. The fraction of sp³-hybridized carbons (Fsp3) is 0.846. The van der Waals surface area contributed by atoms with Crippen molar-refractivity contribution in [1.82, 2.24) is 14.7 Å². The zero-order valence-corrected chi connectivity index (χ0v) is 12.5. The minimum absolute atomic E-state index is 0.104. The summed E-state index contributed by atoms with van der Waals surface area (Å²) in [6, 6.07) is -0.264. The first-order valence-corrected chi connectivity index (χ1v) is 7.16. The molecule has 0 aromatic rings. The monoisotopic (exact) mass is 303 g/mol. The van der Waals surface area contributed by atoms with Gasteiger partial charge in [-0.15, -0.1) is 0 Å². The molecule has 0 unspecified atom stereocenters. The van der Waals surface area contributed by atoms with E-state index in [1.165, 1.54) is 12.0 Å². The van der Waals surface area contributed by atoms with E-state index in [2.05, 4.69) is 4.90 Å². The Hall–Kier alpha value is -1.38. The van der Waals surface area contributed by atoms with E-state index < -0.39 is 5.97 Å². The quantitative estimate of drug-likeness (QED) is 0.636. The largest absolute Gasteiger partial charge is 0.480 e. The van der Waals surface area contributed by atoms with Crippen molar-refractivity contribution in [1.29, 1.82) is 0 Å². The van der Waals surface area contributed by atoms with Crippen molar-refractivity contribution in [3.8, 4) is 0 Å². The molecule has 0 aromatic carbocycles. The van der Waals surface area contributed by atoms with Crippen LogP contribution in [-0.2, 0) is 9.53 Å². The summed E-state index contributed by atoms with van der Waals surface area (Å²) in [5.74, 6) is -1.03. The van der Waals surface area contributed by atoms with Crippen molar-refractivity contribution in [3.63, 3.8) is 0 Å². The molecule has 0 radical (unpaired) electrons. The summed E-state index contributed by atoms with van der Waals surface area (Å²) in [6.07, 6.45) is 0.816. The van der Waals surface area contributed by atoms with Crippen LogP contribution in [0.15, 0.2) is 0 Å². The lowest BCUT2D eigenvalue weighted by molar-refractivity contribution is -0.137. The number of hydrogen-bond acceptors (Lipinski definition) is 5. The predicted octanol–water partition coefficient (Wildman–Crippen LogP) is -0.861. The van der Waals surface area contributed by atoms with Crippen LogP contribution in [0.4, 0.5) is 4.79 Å². The molecule has 0 aliphatic carbocycles. The van der Waals surface area contributed by atoms with Gasteiger partial charge in [-0.3, -0.25) is 9.69 Å². The number of β-amino-alcohol motifs (C(OH)–C–C–N with tert-alkyl or cyclic N) is 1. The Morgan fingerprint density at radius 3 is 2.62 bits per heavy atom. The summed E-state index contributed by atoms with van der Waals surface area (Å²) in [6.45, 7) is 3.63. The summed E-state index contributed by atoms with van der Waals surface area (Å²) >= 11 is 0. The van der Waals surface area contributed by atoms with E-state index in [0.717, 1.165) is 13.0 Å². The molecule has 1 aliphatic rings. The van der Waals surface area contributed by atoms with Crippen molar-refractivity contribution < 1.29 is 24.5 Å². The molecule has 1 aliphatic heterocycles. The number of amides is 2. The van der Waals surface area contributed by atoms with Gasteiger partial charge in [0, 0.05) is 39.8 Å². The molecule has 2 amide bonds. The molecule has 0 saturated carbocycles. The second-order valence-electron chi connectivity index (χ2n) is 5.00. The summed E-state index contributed by atoms with van der Waals surface area (Å²) in [4.78, 5) is 28.4. The number of methoxy groups -OCH3 is 1. The van der Waals surface area contributed by atoms with Crippen LogP contribution in [0.2, 0.25) is 0 Å². The Labute approximate surface area is 124 Å². The van der Waals surface area contributed by atoms with Crippen LogP contribution in [-0.4, -0.2) is 103 Å². The van der Waals surface area contributed by atoms with Gasteiger partial charge in [-0.25, -0.2) is 4.79 Å². The molecule has 1 rings (SSSR count). The first kappa shape index (κ1) is 17.7. The van der Waals surface area contributed by atoms with Gasteiger partial charge in [0.05, 0.1) is 13.2 Å². The van der Waals surface area contributed by atoms with E-state index in [9.17, 15) is 9.59 Å². The summed E-state index contributed by atoms with van der Waals surface area (Å²) in [5.41, 5.74) is 0. The summed E-state index contributed by atoms with van der Waals surface area (Å²) in [5, 5.41) is 17.9. The Kier molecular flexibility index (Phi) is 8.03. The van der Waals surface area contributed by atoms with Crippen molar-refractivity contribution in [2.45, 2.75) is 6.42 Å². The number of hydrogen-bond donors (Lipinski definition) is 2. The van der Waals surface area contributed by atoms with E-state index in [1.807, 2.05) is 0 Å². The van der Waals surface area contributed by atoms with Crippen molar-refractivity contribution >= 4 is 12.0 Å². The van der Waals surface area contributed by atoms with Crippen molar-refractivity contribution in [2.24, 2.45) is 0 Å². The van der Waals surface area contributed by atoms with Crippen LogP contribution in [0.3, 0.4) is 0 Å². The molecule has 1 fully saturated rings. The third-order valence-electron chi connectivity index (χ3n) is 3.44. The summed E-state index contributed by atoms with van der Waals surface area (Å²) < 4.78 is 4.92. The van der Waals surface area contributed by atoms with Gasteiger partial charge in [-0.2, -0.15) is 0 Å². The molecule has 0 atom stereocenters. The van der Waals surface area contributed by atoms with E-state index in [0.29, 0.717) is 32.8 Å². The zero-order chi connectivity index (χ0) is 15.7. The number of aliphatic hydroxyl groups is 1. The van der Waals surface area contributed by atoms with Gasteiger partial charge in [-0.1, -0.05) is 0 Å². The maximum Gasteiger partial charge on any atom is 0.323 e. The van der Waals surface area contributed by atoms with Crippen LogP contribution in [0.5, 0.6) is 0 Å². The van der Waals surface area contributed by atoms with Crippen LogP contribution in [0.25, 0.3) is 0 Å². The maximum absolute atomic E-state index is 12.4. The minimum Gasteiger partial charge on any atom is -0.480 e. The number of rotatable bonds is 7.